The van der Waals surface area contributed by atoms with Crippen LogP contribution in [0.3, 0.4) is 0 Å². The van der Waals surface area contributed by atoms with Gasteiger partial charge in [-0.05, 0) is 32.9 Å². The molecule has 2 heterocycles. The predicted molar refractivity (Wildman–Crippen MR) is 52.9 cm³/mol. The first-order chi connectivity index (χ1) is 6.36. The van der Waals surface area contributed by atoms with Crippen molar-refractivity contribution in [2.24, 2.45) is 0 Å². The van der Waals surface area contributed by atoms with E-state index in [0.717, 1.165) is 25.7 Å². The van der Waals surface area contributed by atoms with Crippen molar-refractivity contribution in [3.63, 3.8) is 0 Å². The van der Waals surface area contributed by atoms with Gasteiger partial charge in [0.05, 0.1) is 12.7 Å². The normalized spacial score (nSPS) is 33.5. The van der Waals surface area contributed by atoms with Crippen LogP contribution in [0.4, 0.5) is 0 Å². The molecular formula is C10H20N2O. The van der Waals surface area contributed by atoms with Gasteiger partial charge >= 0.3 is 0 Å². The maximum atomic E-state index is 5.54. The van der Waals surface area contributed by atoms with Gasteiger partial charge in [0.15, 0.2) is 0 Å². The second-order valence-corrected chi connectivity index (χ2v) is 4.16. The van der Waals surface area contributed by atoms with E-state index in [1.165, 1.54) is 25.9 Å². The smallest absolute Gasteiger partial charge is 0.0674 e. The zero-order valence-corrected chi connectivity index (χ0v) is 8.46. The summed E-state index contributed by atoms with van der Waals surface area (Å²) in [5, 5.41) is 3.41. The van der Waals surface area contributed by atoms with Gasteiger partial charge in [0.1, 0.15) is 0 Å². The number of morpholine rings is 1. The summed E-state index contributed by atoms with van der Waals surface area (Å²) in [6.45, 7) is 7.74. The molecule has 0 aromatic rings. The highest BCUT2D eigenvalue weighted by atomic mass is 16.5. The van der Waals surface area contributed by atoms with E-state index >= 15 is 0 Å². The van der Waals surface area contributed by atoms with E-state index in [2.05, 4.69) is 17.1 Å². The zero-order valence-electron chi connectivity index (χ0n) is 8.46. The van der Waals surface area contributed by atoms with Crippen molar-refractivity contribution in [2.75, 3.05) is 32.8 Å². The summed E-state index contributed by atoms with van der Waals surface area (Å²) in [6.07, 6.45) is 3.06. The van der Waals surface area contributed by atoms with Crippen LogP contribution in [0.1, 0.15) is 19.8 Å². The lowest BCUT2D eigenvalue weighted by atomic mass is 10.0. The molecule has 1 atom stereocenters. The van der Waals surface area contributed by atoms with Gasteiger partial charge in [-0.2, -0.15) is 0 Å². The SMILES string of the molecule is C[C@@H]1CN(C2CCNCC2)CCO1. The molecule has 0 unspecified atom stereocenters. The molecule has 0 aliphatic carbocycles. The molecule has 3 nitrogen and oxygen atoms in total. The molecule has 0 spiro atoms. The van der Waals surface area contributed by atoms with Crippen molar-refractivity contribution in [2.45, 2.75) is 31.9 Å². The molecule has 2 saturated heterocycles. The Morgan fingerprint density at radius 2 is 2.08 bits per heavy atom. The van der Waals surface area contributed by atoms with E-state index in [1.807, 2.05) is 0 Å². The Labute approximate surface area is 80.4 Å². The fraction of sp³-hybridized carbons (Fsp3) is 1.00. The molecule has 0 amide bonds. The largest absolute Gasteiger partial charge is 0.376 e. The first-order valence-corrected chi connectivity index (χ1v) is 5.42. The maximum Gasteiger partial charge on any atom is 0.0674 e. The van der Waals surface area contributed by atoms with E-state index in [-0.39, 0.29) is 0 Å². The third-order valence-corrected chi connectivity index (χ3v) is 3.10. The monoisotopic (exact) mass is 184 g/mol. The van der Waals surface area contributed by atoms with Crippen LogP contribution in [0.25, 0.3) is 0 Å². The van der Waals surface area contributed by atoms with E-state index in [1.54, 1.807) is 0 Å². The van der Waals surface area contributed by atoms with Gasteiger partial charge in [-0.15, -0.1) is 0 Å². The van der Waals surface area contributed by atoms with Gasteiger partial charge in [-0.25, -0.2) is 0 Å². The summed E-state index contributed by atoms with van der Waals surface area (Å²) < 4.78 is 5.54. The topological polar surface area (TPSA) is 24.5 Å². The van der Waals surface area contributed by atoms with Crippen LogP contribution in [0.5, 0.6) is 0 Å². The Bertz CT molecular complexity index is 157. The van der Waals surface area contributed by atoms with Gasteiger partial charge in [0.25, 0.3) is 0 Å². The minimum atomic E-state index is 0.434. The number of rotatable bonds is 1. The van der Waals surface area contributed by atoms with Crippen LogP contribution in [-0.2, 0) is 4.74 Å². The average Bonchev–Trinajstić information content (AvgIpc) is 2.19. The van der Waals surface area contributed by atoms with Crippen molar-refractivity contribution in [3.8, 4) is 0 Å². The second-order valence-electron chi connectivity index (χ2n) is 4.16. The van der Waals surface area contributed by atoms with E-state index in [4.69, 9.17) is 4.74 Å². The summed E-state index contributed by atoms with van der Waals surface area (Å²) in [4.78, 5) is 2.61. The molecule has 1 N–H and O–H groups in total. The lowest BCUT2D eigenvalue weighted by Gasteiger charge is -2.39. The zero-order chi connectivity index (χ0) is 9.10. The highest BCUT2D eigenvalue weighted by molar-refractivity contribution is 4.80. The fourth-order valence-electron chi connectivity index (χ4n) is 2.35. The number of ether oxygens (including phenoxy) is 1. The van der Waals surface area contributed by atoms with E-state index < -0.39 is 0 Å². The first-order valence-electron chi connectivity index (χ1n) is 5.42. The Kier molecular flexibility index (Phi) is 3.19. The van der Waals surface area contributed by atoms with E-state index in [0.29, 0.717) is 6.10 Å². The van der Waals surface area contributed by atoms with Gasteiger partial charge in [0, 0.05) is 19.1 Å². The van der Waals surface area contributed by atoms with Gasteiger partial charge in [0.2, 0.25) is 0 Å². The lowest BCUT2D eigenvalue weighted by molar-refractivity contribution is -0.0382. The van der Waals surface area contributed by atoms with Crippen LogP contribution < -0.4 is 5.32 Å². The number of hydrogen-bond donors (Lipinski definition) is 1. The molecule has 0 bridgehead atoms. The summed E-state index contributed by atoms with van der Waals surface area (Å²) in [5.41, 5.74) is 0. The number of nitrogens with one attached hydrogen (secondary N) is 1. The standard InChI is InChI=1S/C10H20N2O/c1-9-8-12(6-7-13-9)10-2-4-11-5-3-10/h9-11H,2-8H2,1H3/t9-/m1/s1. The molecule has 0 aromatic carbocycles. The molecule has 0 radical (unpaired) electrons. The Hall–Kier alpha value is -0.120. The van der Waals surface area contributed by atoms with Crippen molar-refractivity contribution in [1.29, 1.82) is 0 Å². The van der Waals surface area contributed by atoms with Crippen molar-refractivity contribution < 1.29 is 4.74 Å². The van der Waals surface area contributed by atoms with E-state index in [9.17, 15) is 0 Å². The molecule has 0 saturated carbocycles. The predicted octanol–water partition coefficient (Wildman–Crippen LogP) is 0.459. The summed E-state index contributed by atoms with van der Waals surface area (Å²) >= 11 is 0. The minimum absolute atomic E-state index is 0.434. The molecule has 76 valence electrons. The van der Waals surface area contributed by atoms with Crippen molar-refractivity contribution in [3.05, 3.63) is 0 Å². The van der Waals surface area contributed by atoms with Gasteiger partial charge < -0.3 is 10.1 Å². The molecule has 0 aromatic heterocycles. The lowest BCUT2D eigenvalue weighted by Crippen LogP contribution is -2.50. The highest BCUT2D eigenvalue weighted by Crippen LogP contribution is 2.15. The van der Waals surface area contributed by atoms with Crippen LogP contribution >= 0.6 is 0 Å². The third-order valence-electron chi connectivity index (χ3n) is 3.10. The van der Waals surface area contributed by atoms with Gasteiger partial charge in [-0.1, -0.05) is 0 Å². The summed E-state index contributed by atoms with van der Waals surface area (Å²) in [5.74, 6) is 0. The number of hydrogen-bond acceptors (Lipinski definition) is 3. The van der Waals surface area contributed by atoms with Crippen molar-refractivity contribution >= 4 is 0 Å². The van der Waals surface area contributed by atoms with Crippen molar-refractivity contribution in [1.82, 2.24) is 10.2 Å². The van der Waals surface area contributed by atoms with Crippen LogP contribution in [0.2, 0.25) is 0 Å². The molecule has 2 aliphatic heterocycles. The average molecular weight is 184 g/mol. The van der Waals surface area contributed by atoms with Crippen LogP contribution in [0, 0.1) is 0 Å². The Balaban J connectivity index is 1.83. The molecule has 2 aliphatic rings. The molecule has 3 heteroatoms. The van der Waals surface area contributed by atoms with Crippen LogP contribution in [-0.4, -0.2) is 49.8 Å². The number of piperidine rings is 1. The van der Waals surface area contributed by atoms with Crippen LogP contribution in [0.15, 0.2) is 0 Å². The third kappa shape index (κ3) is 2.42. The van der Waals surface area contributed by atoms with Gasteiger partial charge in [-0.3, -0.25) is 4.90 Å². The highest BCUT2D eigenvalue weighted by Gasteiger charge is 2.25. The first kappa shape index (κ1) is 9.44. The fourth-order valence-corrected chi connectivity index (χ4v) is 2.35. The second kappa shape index (κ2) is 4.40. The minimum Gasteiger partial charge on any atom is -0.376 e. The Morgan fingerprint density at radius 1 is 1.31 bits per heavy atom. The molecular weight excluding hydrogens is 164 g/mol. The molecule has 2 fully saturated rings. The number of nitrogens with zero attached hydrogens (tertiary/aromatic N) is 1. The summed E-state index contributed by atoms with van der Waals surface area (Å²) in [7, 11) is 0. The molecule has 13 heavy (non-hydrogen) atoms. The maximum absolute atomic E-state index is 5.54. The quantitative estimate of drug-likeness (QED) is 0.641. The molecule has 2 rings (SSSR count). The summed E-state index contributed by atoms with van der Waals surface area (Å²) in [6, 6.07) is 0.813. The Morgan fingerprint density at radius 3 is 2.77 bits per heavy atom.